The monoisotopic (exact) mass is 490 g/mol. The molecule has 4 rings (SSSR count). The van der Waals surface area contributed by atoms with Gasteiger partial charge in [0.25, 0.3) is 0 Å². The fraction of sp³-hybridized carbons (Fsp3) is 0.647. The molecule has 2 aliphatic carbocycles. The van der Waals surface area contributed by atoms with Crippen LogP contribution in [0.5, 0.6) is 0 Å². The molecule has 0 spiro atoms. The van der Waals surface area contributed by atoms with Gasteiger partial charge in [-0.2, -0.15) is 0 Å². The van der Waals surface area contributed by atoms with E-state index in [0.29, 0.717) is 17.8 Å². The molecular weight excluding hydrogens is 439 g/mol. The molecule has 1 heteroatoms. The van der Waals surface area contributed by atoms with Crippen LogP contribution in [0.4, 0.5) is 0 Å². The summed E-state index contributed by atoms with van der Waals surface area (Å²) in [6.45, 7) is 16.8. The molecular formula is C34H51P. The summed E-state index contributed by atoms with van der Waals surface area (Å²) >= 11 is 0. The molecule has 0 N–H and O–H groups in total. The van der Waals surface area contributed by atoms with Crippen molar-refractivity contribution in [3.63, 3.8) is 0 Å². The zero-order valence-corrected chi connectivity index (χ0v) is 24.6. The summed E-state index contributed by atoms with van der Waals surface area (Å²) in [5.41, 5.74) is 9.68. The Morgan fingerprint density at radius 3 is 1.74 bits per heavy atom. The second kappa shape index (κ2) is 11.9. The van der Waals surface area contributed by atoms with Crippen molar-refractivity contribution in [3.05, 3.63) is 53.1 Å². The van der Waals surface area contributed by atoms with Gasteiger partial charge in [-0.05, 0) is 93.8 Å². The average Bonchev–Trinajstić information content (AvgIpc) is 2.85. The van der Waals surface area contributed by atoms with E-state index < -0.39 is 0 Å². The summed E-state index contributed by atoms with van der Waals surface area (Å²) in [7, 11) is -0.139. The molecule has 2 aromatic rings. The first-order chi connectivity index (χ1) is 16.8. The van der Waals surface area contributed by atoms with E-state index >= 15 is 0 Å². The maximum Gasteiger partial charge on any atom is -0.0101 e. The van der Waals surface area contributed by atoms with E-state index in [1.807, 2.05) is 0 Å². The van der Waals surface area contributed by atoms with E-state index in [4.69, 9.17) is 0 Å². The molecule has 0 nitrogen and oxygen atoms in total. The van der Waals surface area contributed by atoms with Crippen molar-refractivity contribution in [1.29, 1.82) is 0 Å². The first-order valence-electron chi connectivity index (χ1n) is 14.8. The number of hydrogen-bond donors (Lipinski definition) is 0. The van der Waals surface area contributed by atoms with Gasteiger partial charge in [0, 0.05) is 0 Å². The van der Waals surface area contributed by atoms with E-state index in [-0.39, 0.29) is 7.92 Å². The summed E-state index contributed by atoms with van der Waals surface area (Å²) in [6, 6.07) is 14.9. The first kappa shape index (κ1) is 26.9. The Labute approximate surface area is 218 Å². The van der Waals surface area contributed by atoms with Gasteiger partial charge in [0.2, 0.25) is 0 Å². The predicted octanol–water partition coefficient (Wildman–Crippen LogP) is 10.7. The van der Waals surface area contributed by atoms with Crippen molar-refractivity contribution in [2.45, 2.75) is 135 Å². The normalized spacial score (nSPS) is 22.8. The van der Waals surface area contributed by atoms with Crippen LogP contribution in [0.25, 0.3) is 11.1 Å². The summed E-state index contributed by atoms with van der Waals surface area (Å²) < 4.78 is 0. The lowest BCUT2D eigenvalue weighted by Gasteiger charge is -2.41. The molecule has 192 valence electrons. The minimum atomic E-state index is -0.139. The molecule has 2 aromatic carbocycles. The summed E-state index contributed by atoms with van der Waals surface area (Å²) in [5, 5.41) is 1.75. The van der Waals surface area contributed by atoms with Crippen LogP contribution in [0, 0.1) is 5.92 Å². The third-order valence-corrected chi connectivity index (χ3v) is 12.5. The van der Waals surface area contributed by atoms with Crippen LogP contribution in [-0.2, 0) is 0 Å². The number of hydrogen-bond acceptors (Lipinski definition) is 0. The van der Waals surface area contributed by atoms with Gasteiger partial charge in [-0.3, -0.25) is 0 Å². The van der Waals surface area contributed by atoms with Crippen LogP contribution in [0.1, 0.15) is 141 Å². The van der Waals surface area contributed by atoms with E-state index in [1.165, 1.54) is 63.4 Å². The second-order valence-corrected chi connectivity index (χ2v) is 15.4. The Kier molecular flexibility index (Phi) is 9.19. The maximum absolute atomic E-state index is 2.57. The Bertz CT molecular complexity index is 925. The van der Waals surface area contributed by atoms with Crippen LogP contribution >= 0.6 is 7.92 Å². The summed E-state index contributed by atoms with van der Waals surface area (Å²) in [6.07, 6.45) is 13.1. The van der Waals surface area contributed by atoms with Gasteiger partial charge in [0.1, 0.15) is 0 Å². The summed E-state index contributed by atoms with van der Waals surface area (Å²) in [5.74, 6) is 2.56. The molecule has 0 aromatic heterocycles. The zero-order chi connectivity index (χ0) is 25.1. The Morgan fingerprint density at radius 1 is 0.657 bits per heavy atom. The zero-order valence-electron chi connectivity index (χ0n) is 23.7. The van der Waals surface area contributed by atoms with E-state index in [0.717, 1.165) is 17.2 Å². The molecule has 1 unspecified atom stereocenters. The molecule has 0 amide bonds. The molecule has 2 saturated carbocycles. The third kappa shape index (κ3) is 6.06. The minimum absolute atomic E-state index is 0.139. The Hall–Kier alpha value is -1.13. The number of rotatable bonds is 7. The van der Waals surface area contributed by atoms with Crippen molar-refractivity contribution < 1.29 is 0 Å². The van der Waals surface area contributed by atoms with Gasteiger partial charge in [-0.15, -0.1) is 0 Å². The highest BCUT2D eigenvalue weighted by Gasteiger charge is 2.35. The third-order valence-electron chi connectivity index (χ3n) is 8.93. The Morgan fingerprint density at radius 2 is 1.20 bits per heavy atom. The molecule has 2 fully saturated rings. The van der Waals surface area contributed by atoms with Crippen LogP contribution in [0.3, 0.4) is 0 Å². The number of benzene rings is 2. The van der Waals surface area contributed by atoms with E-state index in [1.54, 1.807) is 27.6 Å². The van der Waals surface area contributed by atoms with Crippen LogP contribution in [-0.4, -0.2) is 11.3 Å². The first-order valence-corrected chi connectivity index (χ1v) is 16.3. The highest BCUT2D eigenvalue weighted by atomic mass is 31.1. The molecule has 0 heterocycles. The molecule has 1 atom stereocenters. The molecule has 0 saturated heterocycles. The van der Waals surface area contributed by atoms with E-state index in [9.17, 15) is 0 Å². The predicted molar refractivity (Wildman–Crippen MR) is 159 cm³/mol. The van der Waals surface area contributed by atoms with Crippen molar-refractivity contribution in [3.8, 4) is 11.1 Å². The SMILES string of the molecule is CC1CCC(P(c2ccccc2-c2c(C(C)C)cc(C(C)C)cc2C(C)C)C2CCCCC2)CC1. The largest absolute Gasteiger partial charge is 0.0683 e. The van der Waals surface area contributed by atoms with Crippen molar-refractivity contribution in [2.75, 3.05) is 0 Å². The highest BCUT2D eigenvalue weighted by Crippen LogP contribution is 2.57. The van der Waals surface area contributed by atoms with Crippen LogP contribution in [0.2, 0.25) is 0 Å². The topological polar surface area (TPSA) is 0 Å². The van der Waals surface area contributed by atoms with Gasteiger partial charge < -0.3 is 0 Å². The maximum atomic E-state index is 2.57. The van der Waals surface area contributed by atoms with Gasteiger partial charge in [-0.25, -0.2) is 0 Å². The quantitative estimate of drug-likeness (QED) is 0.339. The molecule has 0 bridgehead atoms. The van der Waals surface area contributed by atoms with Gasteiger partial charge in [-0.1, -0.05) is 125 Å². The minimum Gasteiger partial charge on any atom is -0.0683 e. The van der Waals surface area contributed by atoms with Crippen LogP contribution < -0.4 is 5.30 Å². The summed E-state index contributed by atoms with van der Waals surface area (Å²) in [4.78, 5) is 0. The van der Waals surface area contributed by atoms with Crippen LogP contribution in [0.15, 0.2) is 36.4 Å². The van der Waals surface area contributed by atoms with Gasteiger partial charge >= 0.3 is 0 Å². The molecule has 35 heavy (non-hydrogen) atoms. The van der Waals surface area contributed by atoms with Crippen molar-refractivity contribution in [2.24, 2.45) is 5.92 Å². The molecule has 2 aliphatic rings. The lowest BCUT2D eigenvalue weighted by atomic mass is 9.82. The van der Waals surface area contributed by atoms with Gasteiger partial charge in [0.05, 0.1) is 0 Å². The standard InChI is InChI=1S/C34H51P/c1-23(2)27-21-31(24(3)4)34(32(22-27)25(5)6)30-15-11-12-16-33(30)35(28-13-9-8-10-14-28)29-19-17-26(7)18-20-29/h11-12,15-16,21-26,28-29H,8-10,13-14,17-20H2,1-7H3. The van der Waals surface area contributed by atoms with Crippen molar-refractivity contribution >= 4 is 13.2 Å². The molecule has 0 aliphatic heterocycles. The van der Waals surface area contributed by atoms with E-state index in [2.05, 4.69) is 84.9 Å². The van der Waals surface area contributed by atoms with Gasteiger partial charge in [0.15, 0.2) is 0 Å². The lowest BCUT2D eigenvalue weighted by Crippen LogP contribution is -2.28. The fourth-order valence-electron chi connectivity index (χ4n) is 6.75. The second-order valence-electron chi connectivity index (χ2n) is 12.7. The smallest absolute Gasteiger partial charge is 0.0101 e. The fourth-order valence-corrected chi connectivity index (χ4v) is 10.6. The molecule has 0 radical (unpaired) electrons. The van der Waals surface area contributed by atoms with Crippen molar-refractivity contribution in [1.82, 2.24) is 0 Å². The highest BCUT2D eigenvalue weighted by molar-refractivity contribution is 7.67. The average molecular weight is 491 g/mol. The Balaban J connectivity index is 1.90. The lowest BCUT2D eigenvalue weighted by molar-refractivity contribution is 0.388.